The minimum atomic E-state index is -0.364. The lowest BCUT2D eigenvalue weighted by Gasteiger charge is -2.13. The van der Waals surface area contributed by atoms with Crippen molar-refractivity contribution in [1.82, 2.24) is 0 Å². The molecule has 0 fully saturated rings. The summed E-state index contributed by atoms with van der Waals surface area (Å²) in [5, 5.41) is 0.619. The van der Waals surface area contributed by atoms with Gasteiger partial charge in [0.1, 0.15) is 17.3 Å². The lowest BCUT2D eigenvalue weighted by Crippen LogP contribution is -2.18. The smallest absolute Gasteiger partial charge is 0.131 e. The molecule has 2 nitrogen and oxygen atoms in total. The highest BCUT2D eigenvalue weighted by atomic mass is 79.9. The van der Waals surface area contributed by atoms with E-state index in [0.717, 1.165) is 5.56 Å². The van der Waals surface area contributed by atoms with Gasteiger partial charge in [0.05, 0.1) is 0 Å². The molecule has 5 heteroatoms. The maximum atomic E-state index is 13.4. The van der Waals surface area contributed by atoms with Gasteiger partial charge in [0.25, 0.3) is 0 Å². The molecule has 1 unspecified atom stereocenters. The number of hydrogen-bond donors (Lipinski definition) is 1. The Morgan fingerprint density at radius 2 is 2.05 bits per heavy atom. The van der Waals surface area contributed by atoms with Gasteiger partial charge in [-0.15, -0.1) is 0 Å². The van der Waals surface area contributed by atoms with Crippen LogP contribution in [0.4, 0.5) is 4.39 Å². The Kier molecular flexibility index (Phi) is 5.02. The van der Waals surface area contributed by atoms with Crippen LogP contribution >= 0.6 is 27.5 Å². The summed E-state index contributed by atoms with van der Waals surface area (Å²) in [7, 11) is 0. The van der Waals surface area contributed by atoms with E-state index in [1.807, 2.05) is 13.0 Å². The molecule has 0 spiro atoms. The van der Waals surface area contributed by atoms with Gasteiger partial charge >= 0.3 is 0 Å². The molecule has 0 radical (unpaired) electrons. The summed E-state index contributed by atoms with van der Waals surface area (Å²) in [6.45, 7) is 1.91. The Labute approximate surface area is 130 Å². The van der Waals surface area contributed by atoms with Crippen molar-refractivity contribution in [2.75, 3.05) is 0 Å². The first-order chi connectivity index (χ1) is 9.44. The standard InChI is InChI=1S/C15H14BrClFNO/c1-9(19)4-10-5-12(17)2-3-15(10)20-14-7-11(16)6-13(18)8-14/h2-3,5-9H,4,19H2,1H3. The molecular weight excluding hydrogens is 345 g/mol. The van der Waals surface area contributed by atoms with Crippen LogP contribution in [0.1, 0.15) is 12.5 Å². The van der Waals surface area contributed by atoms with E-state index in [2.05, 4.69) is 15.9 Å². The number of hydrogen-bond acceptors (Lipinski definition) is 2. The van der Waals surface area contributed by atoms with Crippen LogP contribution in [-0.4, -0.2) is 6.04 Å². The first kappa shape index (κ1) is 15.3. The van der Waals surface area contributed by atoms with Crippen LogP contribution in [0.5, 0.6) is 11.5 Å². The van der Waals surface area contributed by atoms with Gasteiger partial charge in [-0.2, -0.15) is 0 Å². The van der Waals surface area contributed by atoms with Gasteiger partial charge < -0.3 is 10.5 Å². The summed E-state index contributed by atoms with van der Waals surface area (Å²) >= 11 is 9.23. The largest absolute Gasteiger partial charge is 0.457 e. The Morgan fingerprint density at radius 3 is 2.70 bits per heavy atom. The molecule has 0 saturated carbocycles. The number of nitrogens with two attached hydrogens (primary N) is 1. The van der Waals surface area contributed by atoms with Gasteiger partial charge in [-0.25, -0.2) is 4.39 Å². The second kappa shape index (κ2) is 6.57. The molecule has 0 aliphatic carbocycles. The number of benzene rings is 2. The summed E-state index contributed by atoms with van der Waals surface area (Å²) in [4.78, 5) is 0. The molecule has 2 N–H and O–H groups in total. The fourth-order valence-corrected chi connectivity index (χ4v) is 2.51. The first-order valence-electron chi connectivity index (χ1n) is 6.12. The molecule has 0 amide bonds. The third kappa shape index (κ3) is 4.20. The topological polar surface area (TPSA) is 35.2 Å². The van der Waals surface area contributed by atoms with Gasteiger partial charge in [0, 0.05) is 21.6 Å². The van der Waals surface area contributed by atoms with Crippen molar-refractivity contribution >= 4 is 27.5 Å². The Morgan fingerprint density at radius 1 is 1.30 bits per heavy atom. The highest BCUT2D eigenvalue weighted by molar-refractivity contribution is 9.10. The zero-order valence-corrected chi connectivity index (χ0v) is 13.2. The predicted molar refractivity (Wildman–Crippen MR) is 83.0 cm³/mol. The highest BCUT2D eigenvalue weighted by Crippen LogP contribution is 2.30. The molecular formula is C15H14BrClFNO. The van der Waals surface area contributed by atoms with Gasteiger partial charge in [-0.1, -0.05) is 27.5 Å². The van der Waals surface area contributed by atoms with E-state index in [0.29, 0.717) is 27.4 Å². The minimum absolute atomic E-state index is 0.0185. The zero-order valence-electron chi connectivity index (χ0n) is 10.9. The van der Waals surface area contributed by atoms with Crippen molar-refractivity contribution in [1.29, 1.82) is 0 Å². The van der Waals surface area contributed by atoms with E-state index in [-0.39, 0.29) is 11.9 Å². The summed E-state index contributed by atoms with van der Waals surface area (Å²) in [6, 6.07) is 9.69. The van der Waals surface area contributed by atoms with E-state index in [1.165, 1.54) is 12.1 Å². The molecule has 0 saturated heterocycles. The van der Waals surface area contributed by atoms with Crippen LogP contribution in [0.25, 0.3) is 0 Å². The Hall–Kier alpha value is -1.10. The zero-order chi connectivity index (χ0) is 14.7. The third-order valence-corrected chi connectivity index (χ3v) is 3.32. The minimum Gasteiger partial charge on any atom is -0.457 e. The normalized spacial score (nSPS) is 12.2. The van der Waals surface area contributed by atoms with Gasteiger partial charge in [0.2, 0.25) is 0 Å². The van der Waals surface area contributed by atoms with E-state index in [9.17, 15) is 4.39 Å². The quantitative estimate of drug-likeness (QED) is 0.841. The van der Waals surface area contributed by atoms with Crippen LogP contribution in [0.3, 0.4) is 0 Å². The van der Waals surface area contributed by atoms with Crippen LogP contribution in [0.2, 0.25) is 5.02 Å². The fraction of sp³-hybridized carbons (Fsp3) is 0.200. The van der Waals surface area contributed by atoms with E-state index in [4.69, 9.17) is 22.1 Å². The van der Waals surface area contributed by atoms with Crippen LogP contribution < -0.4 is 10.5 Å². The number of ether oxygens (including phenoxy) is 1. The van der Waals surface area contributed by atoms with Crippen LogP contribution in [0.15, 0.2) is 40.9 Å². The summed E-state index contributed by atoms with van der Waals surface area (Å²) < 4.78 is 19.7. The molecule has 0 aliphatic heterocycles. The Bertz CT molecular complexity index is 599. The maximum Gasteiger partial charge on any atom is 0.131 e. The second-order valence-electron chi connectivity index (χ2n) is 4.64. The molecule has 1 atom stereocenters. The molecule has 2 aromatic carbocycles. The second-order valence-corrected chi connectivity index (χ2v) is 5.99. The fourth-order valence-electron chi connectivity index (χ4n) is 1.87. The molecule has 2 aromatic rings. The van der Waals surface area contributed by atoms with Crippen molar-refractivity contribution in [2.24, 2.45) is 5.73 Å². The van der Waals surface area contributed by atoms with E-state index < -0.39 is 0 Å². The summed E-state index contributed by atoms with van der Waals surface area (Å²) in [5.41, 5.74) is 6.72. The summed E-state index contributed by atoms with van der Waals surface area (Å²) in [6.07, 6.45) is 0.631. The average molecular weight is 359 g/mol. The molecule has 0 aromatic heterocycles. The molecule has 0 aliphatic rings. The van der Waals surface area contributed by atoms with Crippen LogP contribution in [-0.2, 0) is 6.42 Å². The molecule has 0 heterocycles. The first-order valence-corrected chi connectivity index (χ1v) is 7.29. The third-order valence-electron chi connectivity index (χ3n) is 2.63. The molecule has 20 heavy (non-hydrogen) atoms. The lowest BCUT2D eigenvalue weighted by molar-refractivity contribution is 0.468. The van der Waals surface area contributed by atoms with Gasteiger partial charge in [0.15, 0.2) is 0 Å². The molecule has 0 bridgehead atoms. The van der Waals surface area contributed by atoms with Gasteiger partial charge in [-0.3, -0.25) is 0 Å². The van der Waals surface area contributed by atoms with E-state index >= 15 is 0 Å². The summed E-state index contributed by atoms with van der Waals surface area (Å²) in [5.74, 6) is 0.686. The van der Waals surface area contributed by atoms with Gasteiger partial charge in [-0.05, 0) is 49.2 Å². The van der Waals surface area contributed by atoms with Crippen molar-refractivity contribution in [3.8, 4) is 11.5 Å². The number of rotatable bonds is 4. The van der Waals surface area contributed by atoms with Crippen molar-refractivity contribution in [2.45, 2.75) is 19.4 Å². The predicted octanol–water partition coefficient (Wildman–Crippen LogP) is 4.92. The molecule has 106 valence electrons. The Balaban J connectivity index is 2.32. The van der Waals surface area contributed by atoms with Crippen molar-refractivity contribution in [3.05, 3.63) is 57.3 Å². The SMILES string of the molecule is CC(N)Cc1cc(Cl)ccc1Oc1cc(F)cc(Br)c1. The highest BCUT2D eigenvalue weighted by Gasteiger charge is 2.09. The van der Waals surface area contributed by atoms with Crippen molar-refractivity contribution < 1.29 is 9.13 Å². The molecule has 2 rings (SSSR count). The monoisotopic (exact) mass is 357 g/mol. The van der Waals surface area contributed by atoms with E-state index in [1.54, 1.807) is 18.2 Å². The maximum absolute atomic E-state index is 13.4. The number of halogens is 3. The van der Waals surface area contributed by atoms with Crippen LogP contribution in [0, 0.1) is 5.82 Å². The lowest BCUT2D eigenvalue weighted by atomic mass is 10.1. The average Bonchev–Trinajstić information content (AvgIpc) is 2.30. The van der Waals surface area contributed by atoms with Crippen molar-refractivity contribution in [3.63, 3.8) is 0 Å².